The Balaban J connectivity index is 1.32. The van der Waals surface area contributed by atoms with Crippen LogP contribution in [0.25, 0.3) is 0 Å². The average molecular weight is 613 g/mol. The molecule has 0 amide bonds. The Morgan fingerprint density at radius 3 is 2.09 bits per heavy atom. The monoisotopic (exact) mass is 612 g/mol. The van der Waals surface area contributed by atoms with Crippen LogP contribution in [0.15, 0.2) is 84.0 Å². The molecule has 236 valence electrons. The number of fused-ring (bicyclic) bond motifs is 5. The molecule has 6 rings (SSSR count). The smallest absolute Gasteiger partial charge is 0.303 e. The predicted octanol–water partition coefficient (Wildman–Crippen LogP) is 7.35. The molecule has 0 spiro atoms. The molecule has 0 radical (unpaired) electrons. The van der Waals surface area contributed by atoms with Crippen LogP contribution in [0, 0.1) is 28.6 Å². The van der Waals surface area contributed by atoms with Crippen molar-refractivity contribution in [1.82, 2.24) is 0 Å². The molecular weight excluding hydrogens is 561 g/mol. The van der Waals surface area contributed by atoms with Crippen LogP contribution in [0.4, 0.5) is 0 Å². The maximum Gasteiger partial charge on any atom is 0.303 e. The van der Waals surface area contributed by atoms with Crippen molar-refractivity contribution in [3.8, 4) is 0 Å². The van der Waals surface area contributed by atoms with Crippen molar-refractivity contribution >= 4 is 24.7 Å². The van der Waals surface area contributed by atoms with Gasteiger partial charge in [0.2, 0.25) is 0 Å². The fraction of sp³-hybridized carbons (Fsp3) is 0.564. The normalized spacial score (nSPS) is 36.2. The van der Waals surface area contributed by atoms with Gasteiger partial charge in [0, 0.05) is 18.9 Å². The Kier molecular flexibility index (Phi) is 8.16. The summed E-state index contributed by atoms with van der Waals surface area (Å²) in [6, 6.07) is 22.0. The first-order valence-electron chi connectivity index (χ1n) is 16.9. The van der Waals surface area contributed by atoms with Crippen LogP contribution in [0.5, 0.6) is 0 Å². The van der Waals surface area contributed by atoms with E-state index in [9.17, 15) is 9.90 Å². The molecule has 4 aliphatic rings. The van der Waals surface area contributed by atoms with Gasteiger partial charge in [0.25, 0.3) is 8.32 Å². The molecule has 4 nitrogen and oxygen atoms in total. The van der Waals surface area contributed by atoms with Crippen molar-refractivity contribution in [2.45, 2.75) is 110 Å². The van der Waals surface area contributed by atoms with Crippen molar-refractivity contribution in [1.29, 1.82) is 0 Å². The highest BCUT2D eigenvalue weighted by Gasteiger charge is 2.64. The zero-order valence-corrected chi connectivity index (χ0v) is 28.8. The number of hydrogen-bond donors (Lipinski definition) is 1. The molecule has 3 saturated carbocycles. The molecular formula is C39H52O4Si. The number of esters is 1. The Hall–Kier alpha value is -2.47. The minimum atomic E-state index is -2.63. The summed E-state index contributed by atoms with van der Waals surface area (Å²) >= 11 is 0. The molecule has 0 bridgehead atoms. The third-order valence-corrected chi connectivity index (χ3v) is 17.4. The fourth-order valence-corrected chi connectivity index (χ4v) is 15.1. The average Bonchev–Trinajstić information content (AvgIpc) is 3.20. The number of allylic oxidation sites excluding steroid dienone is 2. The van der Waals surface area contributed by atoms with Crippen LogP contribution >= 0.6 is 0 Å². The van der Waals surface area contributed by atoms with E-state index in [0.29, 0.717) is 11.8 Å². The van der Waals surface area contributed by atoms with E-state index < -0.39 is 20.5 Å². The van der Waals surface area contributed by atoms with Gasteiger partial charge >= 0.3 is 5.97 Å². The molecule has 3 fully saturated rings. The van der Waals surface area contributed by atoms with Gasteiger partial charge in [-0.05, 0) is 89.1 Å². The van der Waals surface area contributed by atoms with Crippen molar-refractivity contribution in [2.75, 3.05) is 0 Å². The molecule has 0 aromatic heterocycles. The summed E-state index contributed by atoms with van der Waals surface area (Å²) in [4.78, 5) is 12.0. The van der Waals surface area contributed by atoms with E-state index in [0.717, 1.165) is 44.1 Å². The molecule has 0 aliphatic heterocycles. The first-order chi connectivity index (χ1) is 20.9. The lowest BCUT2D eigenvalue weighted by molar-refractivity contribution is -0.150. The van der Waals surface area contributed by atoms with E-state index in [-0.39, 0.29) is 33.9 Å². The van der Waals surface area contributed by atoms with Crippen molar-refractivity contribution in [3.05, 3.63) is 84.0 Å². The van der Waals surface area contributed by atoms with Gasteiger partial charge in [-0.1, -0.05) is 113 Å². The van der Waals surface area contributed by atoms with Gasteiger partial charge in [-0.2, -0.15) is 0 Å². The lowest BCUT2D eigenvalue weighted by Gasteiger charge is -2.58. The molecule has 4 aliphatic carbocycles. The highest BCUT2D eigenvalue weighted by atomic mass is 28.4. The number of aliphatic hydroxyl groups excluding tert-OH is 1. The summed E-state index contributed by atoms with van der Waals surface area (Å²) in [5.74, 6) is 0.669. The zero-order chi connectivity index (χ0) is 31.5. The SMILES string of the molecule is C/C=C1/[C@H](OC(C)=O)[C@@H](O)[C@H]2[C@@H]3CC=C4C[C@@H](O[Si](c5ccccc5)(c5ccccc5)C(C)(C)C)CC[C@]4(C)[C@H]3CC[C@]12C. The van der Waals surface area contributed by atoms with Crippen LogP contribution in [0.1, 0.15) is 87.0 Å². The fourth-order valence-electron chi connectivity index (χ4n) is 10.4. The molecule has 0 saturated heterocycles. The lowest BCUT2D eigenvalue weighted by Crippen LogP contribution is -2.68. The Bertz CT molecular complexity index is 1390. The van der Waals surface area contributed by atoms with E-state index in [2.05, 4.69) is 107 Å². The van der Waals surface area contributed by atoms with E-state index >= 15 is 0 Å². The molecule has 2 aromatic rings. The summed E-state index contributed by atoms with van der Waals surface area (Å²) in [6.45, 7) is 15.4. The third-order valence-electron chi connectivity index (χ3n) is 12.3. The van der Waals surface area contributed by atoms with Gasteiger partial charge in [-0.25, -0.2) is 0 Å². The number of benzene rings is 2. The van der Waals surface area contributed by atoms with Crippen molar-refractivity contribution in [3.63, 3.8) is 0 Å². The Morgan fingerprint density at radius 2 is 1.55 bits per heavy atom. The van der Waals surface area contributed by atoms with Crippen molar-refractivity contribution in [2.24, 2.45) is 28.6 Å². The molecule has 5 heteroatoms. The maximum atomic E-state index is 12.0. The summed E-state index contributed by atoms with van der Waals surface area (Å²) in [6.07, 6.45) is 9.89. The number of aliphatic hydroxyl groups is 1. The van der Waals surface area contributed by atoms with Crippen molar-refractivity contribution < 1.29 is 19.1 Å². The van der Waals surface area contributed by atoms with E-state index in [1.807, 2.05) is 6.92 Å². The Labute approximate surface area is 266 Å². The number of hydrogen-bond acceptors (Lipinski definition) is 4. The van der Waals surface area contributed by atoms with Gasteiger partial charge in [-0.3, -0.25) is 4.79 Å². The topological polar surface area (TPSA) is 55.8 Å². The van der Waals surface area contributed by atoms with Crippen LogP contribution < -0.4 is 10.4 Å². The Morgan fingerprint density at radius 1 is 0.955 bits per heavy atom. The lowest BCUT2D eigenvalue weighted by atomic mass is 9.47. The van der Waals surface area contributed by atoms with E-state index in [1.165, 1.54) is 17.3 Å². The van der Waals surface area contributed by atoms with Crippen LogP contribution in [0.2, 0.25) is 5.04 Å². The maximum absolute atomic E-state index is 12.0. The second kappa shape index (κ2) is 11.4. The quantitative estimate of drug-likeness (QED) is 0.218. The molecule has 44 heavy (non-hydrogen) atoms. The first-order valence-corrected chi connectivity index (χ1v) is 18.8. The molecule has 2 aromatic carbocycles. The first kappa shape index (κ1) is 31.5. The second-order valence-electron chi connectivity index (χ2n) is 15.5. The molecule has 0 unspecified atom stereocenters. The zero-order valence-electron chi connectivity index (χ0n) is 27.8. The summed E-state index contributed by atoms with van der Waals surface area (Å²) < 4.78 is 13.4. The van der Waals surface area contributed by atoms with Gasteiger partial charge in [-0.15, -0.1) is 0 Å². The molecule has 1 N–H and O–H groups in total. The van der Waals surface area contributed by atoms with Gasteiger partial charge in [0.15, 0.2) is 0 Å². The third kappa shape index (κ3) is 4.80. The molecule has 0 heterocycles. The van der Waals surface area contributed by atoms with E-state index in [1.54, 1.807) is 5.57 Å². The molecule has 8 atom stereocenters. The number of carbonyl (C=O) groups is 1. The highest BCUT2D eigenvalue weighted by Crippen LogP contribution is 2.66. The van der Waals surface area contributed by atoms with E-state index in [4.69, 9.17) is 9.16 Å². The summed E-state index contributed by atoms with van der Waals surface area (Å²) in [5.41, 5.74) is 2.64. The standard InChI is InChI=1S/C39H52O4Si/c1-8-32-36(42-26(2)40)35(41)34-31-20-19-27-25-28(21-23-38(27,6)33(31)22-24-39(32,34)7)43-44(37(3,4)5,29-15-11-9-12-16-29)30-17-13-10-14-18-30/h8-19,28,31,33-36,41H,20-25H2,1-7H3/b32-8-/t28-,31+,33-,34+,35-,36-,38-,39+/m0/s1. The van der Waals surface area contributed by atoms with Gasteiger partial charge in [0.05, 0.1) is 6.10 Å². The number of carbonyl (C=O) groups excluding carboxylic acids is 1. The summed E-state index contributed by atoms with van der Waals surface area (Å²) in [7, 11) is -2.63. The predicted molar refractivity (Wildman–Crippen MR) is 180 cm³/mol. The minimum absolute atomic E-state index is 0.0437. The highest BCUT2D eigenvalue weighted by molar-refractivity contribution is 6.99. The second-order valence-corrected chi connectivity index (χ2v) is 19.8. The summed E-state index contributed by atoms with van der Waals surface area (Å²) in [5, 5.41) is 14.4. The number of rotatable bonds is 5. The largest absolute Gasteiger partial charge is 0.455 e. The van der Waals surface area contributed by atoms with Gasteiger partial charge < -0.3 is 14.3 Å². The van der Waals surface area contributed by atoms with Crippen LogP contribution in [-0.2, 0) is 14.0 Å². The number of ether oxygens (including phenoxy) is 1. The van der Waals surface area contributed by atoms with Gasteiger partial charge in [0.1, 0.15) is 6.10 Å². The van der Waals surface area contributed by atoms with Crippen LogP contribution in [-0.4, -0.2) is 37.7 Å². The minimum Gasteiger partial charge on any atom is -0.455 e. The van der Waals surface area contributed by atoms with Crippen LogP contribution in [0.3, 0.4) is 0 Å².